The molecule has 94 valence electrons. The average molecular weight is 230 g/mol. The number of carboxylic acid groups (broad SMARTS) is 1. The first-order valence-corrected chi connectivity index (χ1v) is 5.60. The van der Waals surface area contributed by atoms with E-state index >= 15 is 0 Å². The molecule has 0 radical (unpaired) electrons. The number of hydrogen-bond acceptors (Lipinski definition) is 2. The lowest BCUT2D eigenvalue weighted by atomic mass is 9.97. The maximum atomic E-state index is 11.4. The summed E-state index contributed by atoms with van der Waals surface area (Å²) in [5, 5.41) is 11.6. The van der Waals surface area contributed by atoms with E-state index in [9.17, 15) is 9.59 Å². The van der Waals surface area contributed by atoms with Crippen molar-refractivity contribution < 1.29 is 14.7 Å². The second-order valence-electron chi connectivity index (χ2n) is 4.36. The summed E-state index contributed by atoms with van der Waals surface area (Å²) in [7, 11) is 1.67. The summed E-state index contributed by atoms with van der Waals surface area (Å²) in [5.41, 5.74) is 0. The smallest absolute Gasteiger partial charge is 0.317 e. The normalized spacial score (nSPS) is 12.3. The number of hydrogen-bond donors (Lipinski definition) is 2. The van der Waals surface area contributed by atoms with Crippen molar-refractivity contribution in [3.63, 3.8) is 0 Å². The van der Waals surface area contributed by atoms with Crippen molar-refractivity contribution in [2.75, 3.05) is 20.1 Å². The summed E-state index contributed by atoms with van der Waals surface area (Å²) < 4.78 is 0. The first-order chi connectivity index (χ1) is 7.38. The van der Waals surface area contributed by atoms with Crippen molar-refractivity contribution >= 4 is 12.0 Å². The highest BCUT2D eigenvalue weighted by Crippen LogP contribution is 2.11. The molecule has 0 rings (SSSR count). The van der Waals surface area contributed by atoms with Crippen LogP contribution in [0.25, 0.3) is 0 Å². The van der Waals surface area contributed by atoms with Gasteiger partial charge in [0.15, 0.2) is 0 Å². The van der Waals surface area contributed by atoms with E-state index in [1.807, 2.05) is 20.8 Å². The maximum absolute atomic E-state index is 11.4. The third-order valence-corrected chi connectivity index (χ3v) is 2.43. The van der Waals surface area contributed by atoms with Crippen LogP contribution in [0.2, 0.25) is 0 Å². The highest BCUT2D eigenvalue weighted by Gasteiger charge is 2.20. The molecule has 2 N–H and O–H groups in total. The van der Waals surface area contributed by atoms with Gasteiger partial charge in [0.05, 0.1) is 5.92 Å². The van der Waals surface area contributed by atoms with Gasteiger partial charge in [-0.1, -0.05) is 13.8 Å². The van der Waals surface area contributed by atoms with Gasteiger partial charge in [0, 0.05) is 20.1 Å². The first-order valence-electron chi connectivity index (χ1n) is 5.60. The minimum absolute atomic E-state index is 0.191. The molecule has 5 heteroatoms. The lowest BCUT2D eigenvalue weighted by Gasteiger charge is -2.19. The minimum atomic E-state index is -0.854. The summed E-state index contributed by atoms with van der Waals surface area (Å²) in [5.74, 6) is -1.05. The fourth-order valence-electron chi connectivity index (χ4n) is 1.33. The van der Waals surface area contributed by atoms with E-state index < -0.39 is 11.9 Å². The Bertz CT molecular complexity index is 241. The van der Waals surface area contributed by atoms with E-state index in [4.69, 9.17) is 5.11 Å². The number of amides is 2. The molecule has 16 heavy (non-hydrogen) atoms. The molecule has 0 aliphatic heterocycles. The molecular weight excluding hydrogens is 208 g/mol. The molecule has 0 aliphatic carbocycles. The number of nitrogens with zero attached hydrogens (tertiary/aromatic N) is 1. The molecule has 1 atom stereocenters. The number of carbonyl (C=O) groups excluding carboxylic acids is 1. The number of aliphatic carboxylic acids is 1. The van der Waals surface area contributed by atoms with Crippen molar-refractivity contribution in [3.05, 3.63) is 0 Å². The number of urea groups is 1. The molecule has 0 heterocycles. The predicted octanol–water partition coefficient (Wildman–Crippen LogP) is 1.39. The summed E-state index contributed by atoms with van der Waals surface area (Å²) in [6.07, 6.45) is 0.575. The van der Waals surface area contributed by atoms with Gasteiger partial charge >= 0.3 is 12.0 Å². The Morgan fingerprint density at radius 1 is 1.38 bits per heavy atom. The van der Waals surface area contributed by atoms with Crippen LogP contribution in [0.15, 0.2) is 0 Å². The Kier molecular flexibility index (Phi) is 6.53. The topological polar surface area (TPSA) is 69.6 Å². The molecule has 0 saturated carbocycles. The molecule has 0 aromatic rings. The second-order valence-corrected chi connectivity index (χ2v) is 4.36. The molecule has 0 aliphatic rings. The monoisotopic (exact) mass is 230 g/mol. The first kappa shape index (κ1) is 14.7. The quantitative estimate of drug-likeness (QED) is 0.724. The van der Waals surface area contributed by atoms with E-state index in [0.717, 1.165) is 0 Å². The van der Waals surface area contributed by atoms with Crippen LogP contribution in [0.3, 0.4) is 0 Å². The molecule has 0 spiro atoms. The zero-order chi connectivity index (χ0) is 12.7. The van der Waals surface area contributed by atoms with Crippen molar-refractivity contribution in [1.82, 2.24) is 10.2 Å². The standard InChI is InChI=1S/C11H22N2O3/c1-5-13(4)11(16)12-7-9(10(14)15)6-8(2)3/h8-9H,5-7H2,1-4H3,(H,12,16)(H,14,15). The van der Waals surface area contributed by atoms with E-state index in [0.29, 0.717) is 18.9 Å². The van der Waals surface area contributed by atoms with E-state index in [1.165, 1.54) is 4.90 Å². The van der Waals surface area contributed by atoms with Crippen LogP contribution in [-0.4, -0.2) is 42.1 Å². The lowest BCUT2D eigenvalue weighted by molar-refractivity contribution is -0.142. The Hall–Kier alpha value is -1.26. The van der Waals surface area contributed by atoms with Crippen LogP contribution in [0, 0.1) is 11.8 Å². The molecular formula is C11H22N2O3. The van der Waals surface area contributed by atoms with Crippen LogP contribution >= 0.6 is 0 Å². The second kappa shape index (κ2) is 7.09. The zero-order valence-corrected chi connectivity index (χ0v) is 10.5. The van der Waals surface area contributed by atoms with Crippen molar-refractivity contribution in [2.24, 2.45) is 11.8 Å². The molecule has 0 saturated heterocycles. The van der Waals surface area contributed by atoms with Gasteiger partial charge < -0.3 is 15.3 Å². The SMILES string of the molecule is CCN(C)C(=O)NCC(CC(C)C)C(=O)O. The lowest BCUT2D eigenvalue weighted by Crippen LogP contribution is -2.41. The highest BCUT2D eigenvalue weighted by atomic mass is 16.4. The average Bonchev–Trinajstić information content (AvgIpc) is 2.21. The van der Waals surface area contributed by atoms with Crippen LogP contribution in [-0.2, 0) is 4.79 Å². The van der Waals surface area contributed by atoms with Crippen molar-refractivity contribution in [3.8, 4) is 0 Å². The van der Waals surface area contributed by atoms with Gasteiger partial charge in [-0.2, -0.15) is 0 Å². The number of carboxylic acids is 1. The summed E-state index contributed by atoms with van der Waals surface area (Å²) in [6.45, 7) is 6.60. The third-order valence-electron chi connectivity index (χ3n) is 2.43. The highest BCUT2D eigenvalue weighted by molar-refractivity contribution is 5.75. The van der Waals surface area contributed by atoms with E-state index in [-0.39, 0.29) is 12.6 Å². The number of nitrogens with one attached hydrogen (secondary N) is 1. The van der Waals surface area contributed by atoms with E-state index in [1.54, 1.807) is 7.05 Å². The molecule has 0 aromatic heterocycles. The van der Waals surface area contributed by atoms with Crippen molar-refractivity contribution in [1.29, 1.82) is 0 Å². The zero-order valence-electron chi connectivity index (χ0n) is 10.5. The Morgan fingerprint density at radius 2 is 1.94 bits per heavy atom. The fourth-order valence-corrected chi connectivity index (χ4v) is 1.33. The third kappa shape index (κ3) is 5.58. The molecule has 0 aromatic carbocycles. The Balaban J connectivity index is 4.12. The van der Waals surface area contributed by atoms with E-state index in [2.05, 4.69) is 5.32 Å². The number of rotatable bonds is 6. The molecule has 2 amide bonds. The minimum Gasteiger partial charge on any atom is -0.481 e. The van der Waals surface area contributed by atoms with Crippen LogP contribution in [0.4, 0.5) is 4.79 Å². The van der Waals surface area contributed by atoms with Gasteiger partial charge in [0.2, 0.25) is 0 Å². The van der Waals surface area contributed by atoms with Crippen LogP contribution < -0.4 is 5.32 Å². The summed E-state index contributed by atoms with van der Waals surface area (Å²) in [6, 6.07) is -0.225. The van der Waals surface area contributed by atoms with Crippen molar-refractivity contribution in [2.45, 2.75) is 27.2 Å². The predicted molar refractivity (Wildman–Crippen MR) is 62.3 cm³/mol. The fraction of sp³-hybridized carbons (Fsp3) is 0.818. The van der Waals surface area contributed by atoms with Gasteiger partial charge in [0.25, 0.3) is 0 Å². The van der Waals surface area contributed by atoms with Gasteiger partial charge in [-0.25, -0.2) is 4.79 Å². The molecule has 0 bridgehead atoms. The van der Waals surface area contributed by atoms with Crippen LogP contribution in [0.1, 0.15) is 27.2 Å². The largest absolute Gasteiger partial charge is 0.481 e. The number of carbonyl (C=O) groups is 2. The maximum Gasteiger partial charge on any atom is 0.317 e. The summed E-state index contributed by atoms with van der Waals surface area (Å²) in [4.78, 5) is 23.8. The molecule has 1 unspecified atom stereocenters. The van der Waals surface area contributed by atoms with Crippen LogP contribution in [0.5, 0.6) is 0 Å². The van der Waals surface area contributed by atoms with Gasteiger partial charge in [0.1, 0.15) is 0 Å². The Morgan fingerprint density at radius 3 is 2.31 bits per heavy atom. The molecule has 0 fully saturated rings. The van der Waals surface area contributed by atoms with Gasteiger partial charge in [-0.3, -0.25) is 4.79 Å². The van der Waals surface area contributed by atoms with Gasteiger partial charge in [-0.15, -0.1) is 0 Å². The van der Waals surface area contributed by atoms with Gasteiger partial charge in [-0.05, 0) is 19.3 Å². The summed E-state index contributed by atoms with van der Waals surface area (Å²) >= 11 is 0. The molecule has 5 nitrogen and oxygen atoms in total. The Labute approximate surface area is 96.8 Å².